The molecule has 0 aliphatic carbocycles. The van der Waals surface area contributed by atoms with Crippen LogP contribution in [0.2, 0.25) is 0 Å². The number of pyridine rings is 1. The van der Waals surface area contributed by atoms with Crippen molar-refractivity contribution in [3.63, 3.8) is 0 Å². The van der Waals surface area contributed by atoms with E-state index in [2.05, 4.69) is 9.88 Å². The van der Waals surface area contributed by atoms with Crippen molar-refractivity contribution >= 4 is 16.8 Å². The smallest absolute Gasteiger partial charge is 0.259 e. The number of unbranched alkanes of at least 4 members (excludes halogenated alkanes) is 1. The van der Waals surface area contributed by atoms with Gasteiger partial charge in [-0.1, -0.05) is 12.1 Å². The number of piperidine rings is 1. The van der Waals surface area contributed by atoms with E-state index < -0.39 is 0 Å². The van der Waals surface area contributed by atoms with Crippen LogP contribution in [0.25, 0.3) is 10.9 Å². The molecule has 0 unspecified atom stereocenters. The molecule has 2 aromatic rings. The lowest BCUT2D eigenvalue weighted by Gasteiger charge is -2.37. The number of aromatic nitrogens is 1. The number of para-hydroxylation sites is 1. The molecule has 3 rings (SSSR count). The number of aryl methyl sites for hydroxylation is 1. The third-order valence-electron chi connectivity index (χ3n) is 5.67. The van der Waals surface area contributed by atoms with Crippen molar-refractivity contribution in [2.45, 2.75) is 58.2 Å². The number of nitrogens with zero attached hydrogens (tertiary/aromatic N) is 2. The van der Waals surface area contributed by atoms with Crippen LogP contribution in [0.5, 0.6) is 0 Å². The highest BCUT2D eigenvalue weighted by Gasteiger charge is 2.30. The minimum absolute atomic E-state index is 0.0356. The Morgan fingerprint density at radius 2 is 2.10 bits per heavy atom. The number of benzene rings is 1. The molecule has 6 heteroatoms. The lowest BCUT2D eigenvalue weighted by molar-refractivity contribution is 0.0571. The van der Waals surface area contributed by atoms with Crippen LogP contribution in [0.3, 0.4) is 0 Å². The first-order valence-electron chi connectivity index (χ1n) is 10.7. The largest absolute Gasteiger partial charge is 0.385 e. The molecule has 1 atom stereocenters. The summed E-state index contributed by atoms with van der Waals surface area (Å²) in [6.45, 7) is 7.27. The van der Waals surface area contributed by atoms with E-state index in [1.54, 1.807) is 13.3 Å². The minimum atomic E-state index is -0.173. The molecule has 1 saturated heterocycles. The molecular weight excluding hydrogens is 366 g/mol. The highest BCUT2D eigenvalue weighted by Crippen LogP contribution is 2.19. The molecule has 0 radical (unpaired) electrons. The van der Waals surface area contributed by atoms with Crippen molar-refractivity contribution in [1.82, 2.24) is 14.8 Å². The second-order valence-electron chi connectivity index (χ2n) is 8.09. The number of methoxy groups -OCH3 is 1. The van der Waals surface area contributed by atoms with Gasteiger partial charge in [-0.15, -0.1) is 0 Å². The lowest BCUT2D eigenvalue weighted by Crippen LogP contribution is -2.52. The molecule has 29 heavy (non-hydrogen) atoms. The summed E-state index contributed by atoms with van der Waals surface area (Å²) in [6, 6.07) is 7.72. The zero-order valence-corrected chi connectivity index (χ0v) is 17.8. The summed E-state index contributed by atoms with van der Waals surface area (Å²) in [7, 11) is 1.70. The molecule has 1 aliphatic rings. The van der Waals surface area contributed by atoms with Crippen molar-refractivity contribution < 1.29 is 9.53 Å². The summed E-state index contributed by atoms with van der Waals surface area (Å²) in [5, 5.41) is 3.99. The molecule has 1 fully saturated rings. The number of fused-ring (bicyclic) bond motifs is 1. The van der Waals surface area contributed by atoms with Crippen LogP contribution < -0.4 is 10.7 Å². The normalized spacial score (nSPS) is 17.0. The minimum Gasteiger partial charge on any atom is -0.385 e. The maximum atomic E-state index is 13.5. The molecule has 1 aromatic carbocycles. The quantitative estimate of drug-likeness (QED) is 0.693. The highest BCUT2D eigenvalue weighted by molar-refractivity contribution is 5.97. The van der Waals surface area contributed by atoms with Gasteiger partial charge in [0.1, 0.15) is 5.56 Å². The van der Waals surface area contributed by atoms with Gasteiger partial charge in [-0.3, -0.25) is 9.59 Å². The topological polar surface area (TPSA) is 63.6 Å². The first-order chi connectivity index (χ1) is 14.0. The van der Waals surface area contributed by atoms with Crippen molar-refractivity contribution in [3.05, 3.63) is 46.2 Å². The van der Waals surface area contributed by atoms with Gasteiger partial charge in [0.15, 0.2) is 0 Å². The van der Waals surface area contributed by atoms with Gasteiger partial charge < -0.3 is 19.5 Å². The van der Waals surface area contributed by atoms with Crippen LogP contribution in [-0.2, 0) is 11.3 Å². The molecule has 1 aromatic heterocycles. The number of rotatable bonds is 8. The first kappa shape index (κ1) is 21.5. The van der Waals surface area contributed by atoms with E-state index in [1.165, 1.54) is 0 Å². The highest BCUT2D eigenvalue weighted by atomic mass is 16.5. The summed E-state index contributed by atoms with van der Waals surface area (Å²) in [5.74, 6) is -0.157. The SMILES string of the molecule is COCCCCn1cc(C(=O)N(C(C)C)[C@@H]2CCCNC2)c(=O)c2ccccc21. The third kappa shape index (κ3) is 4.87. The number of nitrogens with one attached hydrogen (secondary N) is 1. The van der Waals surface area contributed by atoms with Crippen LogP contribution in [-0.4, -0.2) is 54.3 Å². The number of carbonyl (C=O) groups is 1. The number of hydrogen-bond donors (Lipinski definition) is 1. The fourth-order valence-electron chi connectivity index (χ4n) is 4.24. The Morgan fingerprint density at radius 1 is 1.31 bits per heavy atom. The van der Waals surface area contributed by atoms with E-state index in [4.69, 9.17) is 4.74 Å². The van der Waals surface area contributed by atoms with Gasteiger partial charge in [0.2, 0.25) is 5.43 Å². The van der Waals surface area contributed by atoms with E-state index in [0.717, 1.165) is 50.8 Å². The van der Waals surface area contributed by atoms with Gasteiger partial charge in [-0.25, -0.2) is 0 Å². The van der Waals surface area contributed by atoms with Crippen molar-refractivity contribution in [1.29, 1.82) is 0 Å². The van der Waals surface area contributed by atoms with Crippen LogP contribution in [0.15, 0.2) is 35.3 Å². The van der Waals surface area contributed by atoms with Gasteiger partial charge in [0.25, 0.3) is 5.91 Å². The molecule has 1 N–H and O–H groups in total. The molecule has 158 valence electrons. The van der Waals surface area contributed by atoms with Gasteiger partial charge in [-0.2, -0.15) is 0 Å². The average Bonchev–Trinajstić information content (AvgIpc) is 2.73. The summed E-state index contributed by atoms with van der Waals surface area (Å²) in [5.41, 5.74) is 0.977. The van der Waals surface area contributed by atoms with Gasteiger partial charge >= 0.3 is 0 Å². The van der Waals surface area contributed by atoms with E-state index in [0.29, 0.717) is 12.0 Å². The molecule has 6 nitrogen and oxygen atoms in total. The van der Waals surface area contributed by atoms with E-state index in [9.17, 15) is 9.59 Å². The van der Waals surface area contributed by atoms with Crippen LogP contribution >= 0.6 is 0 Å². The Hall–Kier alpha value is -2.18. The van der Waals surface area contributed by atoms with Gasteiger partial charge in [0.05, 0.1) is 5.52 Å². The van der Waals surface area contributed by atoms with E-state index in [1.807, 2.05) is 43.0 Å². The first-order valence-corrected chi connectivity index (χ1v) is 10.7. The third-order valence-corrected chi connectivity index (χ3v) is 5.67. The molecule has 2 heterocycles. The number of ether oxygens (including phenoxy) is 1. The Bertz CT molecular complexity index is 885. The second-order valence-corrected chi connectivity index (χ2v) is 8.09. The van der Waals surface area contributed by atoms with Crippen LogP contribution in [0.4, 0.5) is 0 Å². The fraction of sp³-hybridized carbons (Fsp3) is 0.565. The Labute approximate surface area is 172 Å². The molecular formula is C23H33N3O3. The molecule has 0 spiro atoms. The predicted octanol–water partition coefficient (Wildman–Crippen LogP) is 3.03. The summed E-state index contributed by atoms with van der Waals surface area (Å²) in [6.07, 6.45) is 5.64. The molecule has 1 amide bonds. The maximum absolute atomic E-state index is 13.5. The zero-order valence-electron chi connectivity index (χ0n) is 17.8. The molecule has 0 saturated carbocycles. The number of carbonyl (C=O) groups excluding carboxylic acids is 1. The maximum Gasteiger partial charge on any atom is 0.259 e. The van der Waals surface area contributed by atoms with Gasteiger partial charge in [-0.05, 0) is 58.2 Å². The molecule has 0 bridgehead atoms. The van der Waals surface area contributed by atoms with Gasteiger partial charge in [0, 0.05) is 50.5 Å². The fourth-order valence-corrected chi connectivity index (χ4v) is 4.24. The summed E-state index contributed by atoms with van der Waals surface area (Å²) >= 11 is 0. The predicted molar refractivity (Wildman–Crippen MR) is 117 cm³/mol. The summed E-state index contributed by atoms with van der Waals surface area (Å²) in [4.78, 5) is 28.7. The van der Waals surface area contributed by atoms with Crippen LogP contribution in [0.1, 0.15) is 49.9 Å². The Kier molecular flexibility index (Phi) is 7.45. The Balaban J connectivity index is 1.99. The zero-order chi connectivity index (χ0) is 20.8. The lowest BCUT2D eigenvalue weighted by atomic mass is 10.0. The Morgan fingerprint density at radius 3 is 2.79 bits per heavy atom. The van der Waals surface area contributed by atoms with Crippen molar-refractivity contribution in [2.75, 3.05) is 26.8 Å². The van der Waals surface area contributed by atoms with E-state index in [-0.39, 0.29) is 29.0 Å². The van der Waals surface area contributed by atoms with Crippen LogP contribution in [0, 0.1) is 0 Å². The molecule has 1 aliphatic heterocycles. The summed E-state index contributed by atoms with van der Waals surface area (Å²) < 4.78 is 7.20. The monoisotopic (exact) mass is 399 g/mol. The number of hydrogen-bond acceptors (Lipinski definition) is 4. The second kappa shape index (κ2) is 10.0. The van der Waals surface area contributed by atoms with Crippen molar-refractivity contribution in [2.24, 2.45) is 0 Å². The number of amides is 1. The van der Waals surface area contributed by atoms with E-state index >= 15 is 0 Å². The standard InChI is InChI=1S/C23H33N3O3/c1-17(2)26(18-9-8-12-24-15-18)23(28)20-16-25(13-6-7-14-29-3)21-11-5-4-10-19(21)22(20)27/h4-5,10-11,16-18,24H,6-9,12-15H2,1-3H3/t18-/m1/s1. The van der Waals surface area contributed by atoms with Crippen molar-refractivity contribution in [3.8, 4) is 0 Å². The average molecular weight is 400 g/mol.